The summed E-state index contributed by atoms with van der Waals surface area (Å²) in [4.78, 5) is 11.8. The number of ether oxygens (including phenoxy) is 3. The molecule has 38 heavy (non-hydrogen) atoms. The Morgan fingerprint density at radius 2 is 1.92 bits per heavy atom. The van der Waals surface area contributed by atoms with E-state index in [4.69, 9.17) is 14.2 Å². The Labute approximate surface area is 223 Å². The lowest BCUT2D eigenvalue weighted by atomic mass is 10.1. The van der Waals surface area contributed by atoms with Crippen LogP contribution < -0.4 is 9.47 Å². The first-order valence-electron chi connectivity index (χ1n) is 12.2. The first kappa shape index (κ1) is 29.2. The molecule has 3 atom stereocenters. The highest BCUT2D eigenvalue weighted by Crippen LogP contribution is 2.32. The van der Waals surface area contributed by atoms with Gasteiger partial charge in [0.2, 0.25) is 5.90 Å². The van der Waals surface area contributed by atoms with Crippen LogP contribution in [0.3, 0.4) is 0 Å². The quantitative estimate of drug-likeness (QED) is 0.289. The summed E-state index contributed by atoms with van der Waals surface area (Å²) in [6.45, 7) is 8.81. The van der Waals surface area contributed by atoms with Gasteiger partial charge in [0.15, 0.2) is 14.9 Å². The Kier molecular flexibility index (Phi) is 9.53. The molecule has 11 heteroatoms. The van der Waals surface area contributed by atoms with E-state index < -0.39 is 22.0 Å². The summed E-state index contributed by atoms with van der Waals surface area (Å²) in [7, 11) is -3.48. The molecule has 1 aliphatic heterocycles. The molecule has 1 aromatic heterocycles. The monoisotopic (exact) mass is 545 g/mol. The number of rotatable bonds is 11. The molecule has 0 bridgehead atoms. The van der Waals surface area contributed by atoms with Crippen molar-refractivity contribution in [1.29, 1.82) is 0 Å². The third-order valence-electron chi connectivity index (χ3n) is 5.59. The molecule has 1 aliphatic rings. The van der Waals surface area contributed by atoms with Gasteiger partial charge < -0.3 is 29.4 Å². The van der Waals surface area contributed by atoms with Gasteiger partial charge in [-0.05, 0) is 64.5 Å². The molecule has 0 amide bonds. The number of hydrogen-bond donors (Lipinski definition) is 3. The van der Waals surface area contributed by atoms with Crippen LogP contribution in [0.2, 0.25) is 0 Å². The molecule has 0 saturated carbocycles. The van der Waals surface area contributed by atoms with Gasteiger partial charge in [-0.2, -0.15) is 0 Å². The highest BCUT2D eigenvalue weighted by Gasteiger charge is 2.25. The van der Waals surface area contributed by atoms with Gasteiger partial charge in [0.25, 0.3) is 0 Å². The zero-order valence-corrected chi connectivity index (χ0v) is 23.2. The van der Waals surface area contributed by atoms with E-state index in [1.54, 1.807) is 32.9 Å². The Hall–Kier alpha value is -3.41. The van der Waals surface area contributed by atoms with E-state index in [9.17, 15) is 18.6 Å². The minimum Gasteiger partial charge on any atom is -0.488 e. The highest BCUT2D eigenvalue weighted by molar-refractivity contribution is 7.94. The number of aromatic nitrogens is 1. The largest absolute Gasteiger partial charge is 0.488 e. The summed E-state index contributed by atoms with van der Waals surface area (Å²) in [5, 5.41) is 19.2. The van der Waals surface area contributed by atoms with Crippen LogP contribution in [0.15, 0.2) is 62.8 Å². The number of aliphatic hydroxyl groups is 2. The summed E-state index contributed by atoms with van der Waals surface area (Å²) in [5.41, 5.74) is 2.91. The minimum atomic E-state index is -3.48. The second kappa shape index (κ2) is 12.4. The summed E-state index contributed by atoms with van der Waals surface area (Å²) >= 11 is 0. The lowest BCUT2D eigenvalue weighted by Crippen LogP contribution is -2.21. The van der Waals surface area contributed by atoms with Crippen molar-refractivity contribution in [3.8, 4) is 22.8 Å². The van der Waals surface area contributed by atoms with Gasteiger partial charge in [0, 0.05) is 23.6 Å². The normalized spacial score (nSPS) is 17.6. The Morgan fingerprint density at radius 1 is 1.24 bits per heavy atom. The molecule has 206 valence electrons. The third-order valence-corrected chi connectivity index (χ3v) is 6.69. The fourth-order valence-electron chi connectivity index (χ4n) is 3.49. The Balaban J connectivity index is 1.97. The number of aliphatic imine (C=N–C) groups is 2. The first-order chi connectivity index (χ1) is 17.9. The summed E-state index contributed by atoms with van der Waals surface area (Å²) in [6.07, 6.45) is 2.82. The smallest absolute Gasteiger partial charge is 0.233 e. The van der Waals surface area contributed by atoms with E-state index >= 15 is 0 Å². The van der Waals surface area contributed by atoms with Gasteiger partial charge >= 0.3 is 0 Å². The maximum Gasteiger partial charge on any atom is 0.233 e. The SMILES string of the molecule is C/C=C(\N=C/C(Oc1cc(O[C@@H](C)CO)cc(-c2ccc(C3=N[C@H]([C@H](C)O)CO3)[nH]2)c1)=C(C)C)S(C)(=O)=O. The van der Waals surface area contributed by atoms with E-state index in [0.717, 1.165) is 23.1 Å². The zero-order valence-electron chi connectivity index (χ0n) is 22.4. The van der Waals surface area contributed by atoms with Gasteiger partial charge in [-0.1, -0.05) is 6.08 Å². The lowest BCUT2D eigenvalue weighted by Gasteiger charge is -2.16. The van der Waals surface area contributed by atoms with Crippen molar-refractivity contribution in [3.63, 3.8) is 0 Å². The molecular formula is C27H35N3O7S. The van der Waals surface area contributed by atoms with Gasteiger partial charge in [0.05, 0.1) is 18.9 Å². The molecule has 0 fully saturated rings. The maximum atomic E-state index is 11.9. The zero-order chi connectivity index (χ0) is 28.0. The van der Waals surface area contributed by atoms with Crippen molar-refractivity contribution in [2.45, 2.75) is 52.9 Å². The molecule has 2 aromatic rings. The molecule has 3 N–H and O–H groups in total. The van der Waals surface area contributed by atoms with Gasteiger partial charge in [-0.3, -0.25) is 0 Å². The van der Waals surface area contributed by atoms with E-state index in [-0.39, 0.29) is 17.7 Å². The third kappa shape index (κ3) is 7.56. The number of benzene rings is 1. The molecule has 0 aliphatic carbocycles. The average Bonchev–Trinajstić information content (AvgIpc) is 3.52. The molecular weight excluding hydrogens is 510 g/mol. The highest BCUT2D eigenvalue weighted by atomic mass is 32.2. The number of aliphatic hydroxyl groups excluding tert-OH is 2. The lowest BCUT2D eigenvalue weighted by molar-refractivity contribution is 0.129. The van der Waals surface area contributed by atoms with Crippen LogP contribution in [0, 0.1) is 0 Å². The number of nitrogens with zero attached hydrogens (tertiary/aromatic N) is 2. The summed E-state index contributed by atoms with van der Waals surface area (Å²) < 4.78 is 41.5. The second-order valence-electron chi connectivity index (χ2n) is 9.27. The van der Waals surface area contributed by atoms with Crippen molar-refractivity contribution in [1.82, 2.24) is 4.98 Å². The topological polar surface area (TPSA) is 143 Å². The number of allylic oxidation sites excluding steroid dienone is 3. The van der Waals surface area contributed by atoms with Crippen molar-refractivity contribution in [2.24, 2.45) is 9.98 Å². The first-order valence-corrected chi connectivity index (χ1v) is 14.1. The van der Waals surface area contributed by atoms with Crippen molar-refractivity contribution >= 4 is 21.9 Å². The molecule has 0 spiro atoms. The molecule has 1 aromatic carbocycles. The standard InChI is InChI=1S/C27H35N3O7S/c1-7-26(38(6,33)34)28-13-25(16(2)3)37-21-11-19(10-20(12-21)36-17(4)14-31)22-8-9-23(29-22)27-30-24(15-35-27)18(5)32/h7-13,17-18,24,29,31-32H,14-15H2,1-6H3/b26-7+,28-13-/t17-,18-,24-/m0/s1. The van der Waals surface area contributed by atoms with Crippen molar-refractivity contribution in [2.75, 3.05) is 19.5 Å². The minimum absolute atomic E-state index is 0.0665. The van der Waals surface area contributed by atoms with Crippen molar-refractivity contribution < 1.29 is 32.8 Å². The van der Waals surface area contributed by atoms with Crippen LogP contribution >= 0.6 is 0 Å². The number of H-pyrrole nitrogens is 1. The van der Waals surface area contributed by atoms with Crippen LogP contribution in [0.5, 0.6) is 11.5 Å². The van der Waals surface area contributed by atoms with E-state index in [2.05, 4.69) is 15.0 Å². The van der Waals surface area contributed by atoms with Crippen LogP contribution in [-0.4, -0.2) is 73.4 Å². The van der Waals surface area contributed by atoms with Gasteiger partial charge in [0.1, 0.15) is 41.7 Å². The predicted octanol–water partition coefficient (Wildman–Crippen LogP) is 3.62. The van der Waals surface area contributed by atoms with E-state index in [1.165, 1.54) is 12.3 Å². The number of sulfone groups is 1. The van der Waals surface area contributed by atoms with Crippen molar-refractivity contribution in [3.05, 3.63) is 58.5 Å². The maximum absolute atomic E-state index is 11.9. The number of aromatic amines is 1. The molecule has 2 heterocycles. The van der Waals surface area contributed by atoms with Crippen LogP contribution in [0.1, 0.15) is 40.3 Å². The molecule has 10 nitrogen and oxygen atoms in total. The van der Waals surface area contributed by atoms with Crippen LogP contribution in [0.25, 0.3) is 11.3 Å². The molecule has 0 unspecified atom stereocenters. The average molecular weight is 546 g/mol. The number of hydrogen-bond acceptors (Lipinski definition) is 9. The molecule has 3 rings (SSSR count). The predicted molar refractivity (Wildman–Crippen MR) is 147 cm³/mol. The molecule has 0 radical (unpaired) electrons. The Morgan fingerprint density at radius 3 is 2.50 bits per heavy atom. The fourth-order valence-corrected chi connectivity index (χ4v) is 4.16. The van der Waals surface area contributed by atoms with E-state index in [1.807, 2.05) is 32.0 Å². The summed E-state index contributed by atoms with van der Waals surface area (Å²) in [5.74, 6) is 1.69. The van der Waals surface area contributed by atoms with Gasteiger partial charge in [-0.15, -0.1) is 0 Å². The van der Waals surface area contributed by atoms with Crippen LogP contribution in [-0.2, 0) is 14.6 Å². The second-order valence-corrected chi connectivity index (χ2v) is 11.2. The van der Waals surface area contributed by atoms with Gasteiger partial charge in [-0.25, -0.2) is 18.4 Å². The molecule has 0 saturated heterocycles. The van der Waals surface area contributed by atoms with E-state index in [0.29, 0.717) is 35.5 Å². The van der Waals surface area contributed by atoms with Crippen LogP contribution in [0.4, 0.5) is 0 Å². The number of nitrogens with one attached hydrogen (secondary N) is 1. The fraction of sp³-hybridized carbons (Fsp3) is 0.407. The Bertz CT molecular complexity index is 1370. The summed E-state index contributed by atoms with van der Waals surface area (Å²) in [6, 6.07) is 8.67.